The van der Waals surface area contributed by atoms with Gasteiger partial charge in [0.25, 0.3) is 5.56 Å². The first-order valence-corrected chi connectivity index (χ1v) is 10.7. The summed E-state index contributed by atoms with van der Waals surface area (Å²) in [4.78, 5) is 31.3. The number of hydrogen-bond acceptors (Lipinski definition) is 5. The fraction of sp³-hybridized carbons (Fsp3) is 0.500. The van der Waals surface area contributed by atoms with E-state index < -0.39 is 9.84 Å². The molecule has 2 aromatic rings. The van der Waals surface area contributed by atoms with Gasteiger partial charge in [-0.25, -0.2) is 13.4 Å². The number of carbonyl (C=O) groups is 1. The molecule has 1 fully saturated rings. The number of carbonyl (C=O) groups excluding carboxylic acids is 1. The van der Waals surface area contributed by atoms with E-state index >= 15 is 0 Å². The van der Waals surface area contributed by atoms with Crippen molar-refractivity contribution in [3.05, 3.63) is 40.9 Å². The van der Waals surface area contributed by atoms with Crippen molar-refractivity contribution in [2.75, 3.05) is 18.1 Å². The molecular weight excluding hydrogens is 354 g/mol. The van der Waals surface area contributed by atoms with Crippen LogP contribution in [0.4, 0.5) is 0 Å². The van der Waals surface area contributed by atoms with E-state index in [1.54, 1.807) is 29.2 Å². The van der Waals surface area contributed by atoms with Gasteiger partial charge in [0.2, 0.25) is 5.91 Å². The summed E-state index contributed by atoms with van der Waals surface area (Å²) in [6.45, 7) is 2.40. The second kappa shape index (κ2) is 7.57. The maximum atomic E-state index is 12.8. The first kappa shape index (κ1) is 18.6. The molecule has 0 saturated carbocycles. The minimum Gasteiger partial charge on any atom is -0.337 e. The van der Waals surface area contributed by atoms with Crippen LogP contribution in [0.15, 0.2) is 35.4 Å². The lowest BCUT2D eigenvalue weighted by atomic mass is 10.2. The Morgan fingerprint density at radius 3 is 2.81 bits per heavy atom. The molecule has 0 radical (unpaired) electrons. The molecule has 8 heteroatoms. The van der Waals surface area contributed by atoms with Crippen LogP contribution in [0.3, 0.4) is 0 Å². The van der Waals surface area contributed by atoms with Crippen LogP contribution in [0.2, 0.25) is 0 Å². The van der Waals surface area contributed by atoms with Crippen LogP contribution in [-0.2, 0) is 21.2 Å². The van der Waals surface area contributed by atoms with Crippen LogP contribution >= 0.6 is 0 Å². The number of benzene rings is 1. The van der Waals surface area contributed by atoms with Gasteiger partial charge < -0.3 is 4.90 Å². The van der Waals surface area contributed by atoms with Gasteiger partial charge >= 0.3 is 0 Å². The number of sulfone groups is 1. The number of para-hydroxylation sites is 1. The lowest BCUT2D eigenvalue weighted by Crippen LogP contribution is -2.44. The third kappa shape index (κ3) is 3.95. The fourth-order valence-electron chi connectivity index (χ4n) is 3.32. The summed E-state index contributed by atoms with van der Waals surface area (Å²) in [5, 5.41) is 0.464. The highest BCUT2D eigenvalue weighted by atomic mass is 32.2. The van der Waals surface area contributed by atoms with Gasteiger partial charge in [0.1, 0.15) is 6.54 Å². The number of fused-ring (bicyclic) bond motifs is 1. The van der Waals surface area contributed by atoms with Crippen molar-refractivity contribution in [2.45, 2.75) is 38.8 Å². The van der Waals surface area contributed by atoms with E-state index in [1.807, 2.05) is 6.92 Å². The first-order chi connectivity index (χ1) is 12.4. The summed E-state index contributed by atoms with van der Waals surface area (Å²) in [5.74, 6) is -0.113. The van der Waals surface area contributed by atoms with Gasteiger partial charge in [0.05, 0.1) is 28.7 Å². The second-order valence-electron chi connectivity index (χ2n) is 6.69. The minimum atomic E-state index is -3.08. The van der Waals surface area contributed by atoms with Gasteiger partial charge in [0, 0.05) is 12.6 Å². The van der Waals surface area contributed by atoms with E-state index in [0.29, 0.717) is 23.9 Å². The molecule has 3 rings (SSSR count). The third-order valence-electron chi connectivity index (χ3n) is 4.76. The van der Waals surface area contributed by atoms with Crippen LogP contribution in [0.5, 0.6) is 0 Å². The van der Waals surface area contributed by atoms with Crippen LogP contribution in [0.1, 0.15) is 26.2 Å². The molecule has 1 aliphatic heterocycles. The Labute approximate surface area is 152 Å². The highest BCUT2D eigenvalue weighted by molar-refractivity contribution is 7.91. The highest BCUT2D eigenvalue weighted by Gasteiger charge is 2.34. The van der Waals surface area contributed by atoms with Gasteiger partial charge in [-0.3, -0.25) is 14.2 Å². The molecule has 0 aliphatic carbocycles. The average molecular weight is 377 g/mol. The lowest BCUT2D eigenvalue weighted by Gasteiger charge is -2.28. The maximum Gasteiger partial charge on any atom is 0.261 e. The monoisotopic (exact) mass is 377 g/mol. The number of amides is 1. The molecule has 7 nitrogen and oxygen atoms in total. The van der Waals surface area contributed by atoms with Gasteiger partial charge in [-0.05, 0) is 25.0 Å². The van der Waals surface area contributed by atoms with Gasteiger partial charge in [-0.1, -0.05) is 25.5 Å². The molecule has 1 unspecified atom stereocenters. The van der Waals surface area contributed by atoms with Crippen LogP contribution in [0, 0.1) is 0 Å². The number of aromatic nitrogens is 2. The zero-order valence-electron chi connectivity index (χ0n) is 14.8. The van der Waals surface area contributed by atoms with Crippen LogP contribution in [0.25, 0.3) is 10.9 Å². The highest BCUT2D eigenvalue weighted by Crippen LogP contribution is 2.19. The van der Waals surface area contributed by atoms with Crippen LogP contribution in [-0.4, -0.2) is 52.9 Å². The van der Waals surface area contributed by atoms with E-state index in [1.165, 1.54) is 10.9 Å². The zero-order valence-corrected chi connectivity index (χ0v) is 15.6. The minimum absolute atomic E-state index is 0.00727. The summed E-state index contributed by atoms with van der Waals surface area (Å²) >= 11 is 0. The molecule has 1 aromatic heterocycles. The summed E-state index contributed by atoms with van der Waals surface area (Å²) in [7, 11) is -3.08. The predicted octanol–water partition coefficient (Wildman–Crippen LogP) is 1.21. The van der Waals surface area contributed by atoms with Crippen molar-refractivity contribution in [1.82, 2.24) is 14.5 Å². The molecule has 0 bridgehead atoms. The second-order valence-corrected chi connectivity index (χ2v) is 8.92. The average Bonchev–Trinajstić information content (AvgIpc) is 2.97. The number of unbranched alkanes of at least 4 members (excludes halogenated alkanes) is 1. The number of hydrogen-bond donors (Lipinski definition) is 0. The van der Waals surface area contributed by atoms with Crippen molar-refractivity contribution in [1.29, 1.82) is 0 Å². The standard InChI is InChI=1S/C18H23N3O4S/c1-2-3-9-21(14-8-10-26(24,25)12-14)17(22)11-20-13-19-16-7-5-4-6-15(16)18(20)23/h4-7,13-14H,2-3,8-12H2,1H3. The summed E-state index contributed by atoms with van der Waals surface area (Å²) in [5.41, 5.74) is 0.323. The molecule has 1 aromatic carbocycles. The summed E-state index contributed by atoms with van der Waals surface area (Å²) < 4.78 is 24.9. The van der Waals surface area contributed by atoms with Crippen molar-refractivity contribution in [3.63, 3.8) is 0 Å². The van der Waals surface area contributed by atoms with Crippen molar-refractivity contribution in [2.24, 2.45) is 0 Å². The maximum absolute atomic E-state index is 12.8. The van der Waals surface area contributed by atoms with Gasteiger partial charge in [-0.15, -0.1) is 0 Å². The smallest absolute Gasteiger partial charge is 0.261 e. The van der Waals surface area contributed by atoms with Crippen molar-refractivity contribution >= 4 is 26.6 Å². The van der Waals surface area contributed by atoms with E-state index in [2.05, 4.69) is 4.98 Å². The fourth-order valence-corrected chi connectivity index (χ4v) is 5.05. The molecule has 1 saturated heterocycles. The molecule has 2 heterocycles. The molecule has 1 aliphatic rings. The molecule has 26 heavy (non-hydrogen) atoms. The van der Waals surface area contributed by atoms with E-state index in [-0.39, 0.29) is 35.6 Å². The summed E-state index contributed by atoms with van der Waals surface area (Å²) in [6.07, 6.45) is 3.54. The number of nitrogens with zero attached hydrogens (tertiary/aromatic N) is 3. The van der Waals surface area contributed by atoms with E-state index in [0.717, 1.165) is 12.8 Å². The topological polar surface area (TPSA) is 89.3 Å². The summed E-state index contributed by atoms with van der Waals surface area (Å²) in [6, 6.07) is 6.69. The quantitative estimate of drug-likeness (QED) is 0.755. The molecule has 0 spiro atoms. The Bertz CT molecular complexity index is 968. The molecular formula is C18H23N3O4S. The van der Waals surface area contributed by atoms with Gasteiger partial charge in [0.15, 0.2) is 9.84 Å². The molecule has 0 N–H and O–H groups in total. The SMILES string of the molecule is CCCCN(C(=O)Cn1cnc2ccccc2c1=O)C1CCS(=O)(=O)C1. The number of rotatable bonds is 6. The van der Waals surface area contributed by atoms with Crippen molar-refractivity contribution in [3.8, 4) is 0 Å². The van der Waals surface area contributed by atoms with E-state index in [9.17, 15) is 18.0 Å². The molecule has 140 valence electrons. The Balaban J connectivity index is 1.83. The Morgan fingerprint density at radius 2 is 2.12 bits per heavy atom. The lowest BCUT2D eigenvalue weighted by molar-refractivity contribution is -0.133. The Hall–Kier alpha value is -2.22. The first-order valence-electron chi connectivity index (χ1n) is 8.85. The predicted molar refractivity (Wildman–Crippen MR) is 99.7 cm³/mol. The molecule has 1 amide bonds. The van der Waals surface area contributed by atoms with Crippen LogP contribution < -0.4 is 5.56 Å². The van der Waals surface area contributed by atoms with E-state index in [4.69, 9.17) is 0 Å². The largest absolute Gasteiger partial charge is 0.337 e. The Morgan fingerprint density at radius 1 is 1.35 bits per heavy atom. The Kier molecular flexibility index (Phi) is 5.41. The third-order valence-corrected chi connectivity index (χ3v) is 6.51. The van der Waals surface area contributed by atoms with Gasteiger partial charge in [-0.2, -0.15) is 0 Å². The molecule has 1 atom stereocenters. The normalized spacial score (nSPS) is 18.9. The van der Waals surface area contributed by atoms with Crippen molar-refractivity contribution < 1.29 is 13.2 Å². The zero-order chi connectivity index (χ0) is 18.7.